The van der Waals surface area contributed by atoms with Crippen molar-refractivity contribution in [1.82, 2.24) is 10.2 Å². The van der Waals surface area contributed by atoms with Crippen molar-refractivity contribution < 1.29 is 24.0 Å². The van der Waals surface area contributed by atoms with Crippen molar-refractivity contribution in [2.24, 2.45) is 0 Å². The Morgan fingerprint density at radius 2 is 1.88 bits per heavy atom. The molecule has 1 fully saturated rings. The van der Waals surface area contributed by atoms with Gasteiger partial charge in [0.25, 0.3) is 11.5 Å². The number of aryl methyl sites for hydroxylation is 2. The molecule has 1 aliphatic heterocycles. The van der Waals surface area contributed by atoms with Crippen LogP contribution >= 0.6 is 23.1 Å². The molecule has 1 N–H and O–H groups in total. The van der Waals surface area contributed by atoms with Gasteiger partial charge in [0, 0.05) is 23.4 Å². The number of carbonyl (C=O) groups excluding carboxylic acids is 2. The average Bonchev–Trinajstić information content (AvgIpc) is 3.51. The minimum atomic E-state index is -1.20. The highest BCUT2D eigenvalue weighted by Crippen LogP contribution is 2.45. The van der Waals surface area contributed by atoms with Gasteiger partial charge in [-0.15, -0.1) is 10.2 Å². The molecule has 1 amide bonds. The van der Waals surface area contributed by atoms with Crippen LogP contribution in [0, 0.1) is 29.8 Å². The summed E-state index contributed by atoms with van der Waals surface area (Å²) in [7, 11) is 0. The van der Waals surface area contributed by atoms with E-state index < -0.39 is 28.4 Å². The monoisotopic (exact) mass is 576 g/mol. The van der Waals surface area contributed by atoms with E-state index in [1.165, 1.54) is 36.0 Å². The Labute approximate surface area is 236 Å². The summed E-state index contributed by atoms with van der Waals surface area (Å²) >= 11 is 2.23. The van der Waals surface area contributed by atoms with Gasteiger partial charge in [-0.2, -0.15) is 0 Å². The number of ketones is 1. The molecule has 9 nitrogen and oxygen atoms in total. The van der Waals surface area contributed by atoms with Gasteiger partial charge in [0.05, 0.1) is 16.5 Å². The molecule has 1 saturated heterocycles. The van der Waals surface area contributed by atoms with Crippen molar-refractivity contribution in [3.63, 3.8) is 0 Å². The number of hydrogen-bond donors (Lipinski definition) is 1. The predicted molar refractivity (Wildman–Crippen MR) is 150 cm³/mol. The number of nitro groups is 1. The van der Waals surface area contributed by atoms with Crippen molar-refractivity contribution in [1.29, 1.82) is 0 Å². The SMILES string of the molecule is Cc1ccc(C)c(C(O)=C2C(=O)C(=O)N(c3nnc(SCc4ccccc4F)s3)C2c2cccc([N+](=O)[O-])c2)c1. The van der Waals surface area contributed by atoms with Crippen molar-refractivity contribution >= 4 is 51.4 Å². The molecule has 1 aliphatic rings. The number of hydrogen-bond acceptors (Lipinski definition) is 9. The van der Waals surface area contributed by atoms with Gasteiger partial charge in [-0.25, -0.2) is 4.39 Å². The topological polar surface area (TPSA) is 127 Å². The number of carbonyl (C=O) groups is 2. The number of aliphatic hydroxyl groups excluding tert-OH is 1. The van der Waals surface area contributed by atoms with Gasteiger partial charge in [0.1, 0.15) is 11.6 Å². The highest BCUT2D eigenvalue weighted by Gasteiger charge is 2.48. The average molecular weight is 577 g/mol. The molecule has 0 spiro atoms. The molecule has 202 valence electrons. The molecular weight excluding hydrogens is 555 g/mol. The number of rotatable bonds is 7. The van der Waals surface area contributed by atoms with Crippen LogP contribution < -0.4 is 4.90 Å². The maximum atomic E-state index is 14.1. The first kappa shape index (κ1) is 27.2. The van der Waals surface area contributed by atoms with Crippen molar-refractivity contribution in [3.8, 4) is 0 Å². The van der Waals surface area contributed by atoms with Crippen molar-refractivity contribution in [3.05, 3.63) is 116 Å². The lowest BCUT2D eigenvalue weighted by molar-refractivity contribution is -0.384. The predicted octanol–water partition coefficient (Wildman–Crippen LogP) is 6.12. The fourth-order valence-electron chi connectivity index (χ4n) is 4.40. The standard InChI is InChI=1S/C28H21FN4O5S2/c1-15-10-11-16(2)20(12-15)24(34)22-23(17-7-5-8-19(13-17)33(37)38)32(26(36)25(22)35)27-30-31-28(40-27)39-14-18-6-3-4-9-21(18)29/h3-13,23,34H,14H2,1-2H3. The van der Waals surface area contributed by atoms with Crippen LogP contribution in [-0.4, -0.2) is 31.9 Å². The molecule has 0 radical (unpaired) electrons. The number of nitro benzene ring substituents is 1. The van der Waals surface area contributed by atoms with E-state index in [9.17, 15) is 29.2 Å². The molecule has 1 atom stereocenters. The summed E-state index contributed by atoms with van der Waals surface area (Å²) in [6.45, 7) is 3.59. The highest BCUT2D eigenvalue weighted by molar-refractivity contribution is 8.00. The molecule has 0 saturated carbocycles. The third-order valence-electron chi connectivity index (χ3n) is 6.40. The van der Waals surface area contributed by atoms with E-state index in [4.69, 9.17) is 0 Å². The molecule has 4 aromatic rings. The van der Waals surface area contributed by atoms with Crippen LogP contribution in [0.15, 0.2) is 76.6 Å². The van der Waals surface area contributed by atoms with Gasteiger partial charge in [0.2, 0.25) is 5.13 Å². The molecule has 3 aromatic carbocycles. The molecule has 2 heterocycles. The number of anilines is 1. The van der Waals surface area contributed by atoms with Crippen LogP contribution in [-0.2, 0) is 15.3 Å². The first-order valence-corrected chi connectivity index (χ1v) is 13.8. The van der Waals surface area contributed by atoms with Gasteiger partial charge < -0.3 is 5.11 Å². The van der Waals surface area contributed by atoms with E-state index in [0.717, 1.165) is 21.8 Å². The first-order chi connectivity index (χ1) is 19.2. The zero-order valence-corrected chi connectivity index (χ0v) is 22.8. The number of Topliss-reactive ketones (excluding diaryl/α,β-unsaturated/α-hetero) is 1. The Morgan fingerprint density at radius 1 is 1.10 bits per heavy atom. The lowest BCUT2D eigenvalue weighted by Crippen LogP contribution is -2.29. The van der Waals surface area contributed by atoms with Crippen LogP contribution in [0.1, 0.15) is 33.9 Å². The molecule has 0 aliphatic carbocycles. The van der Waals surface area contributed by atoms with Crippen molar-refractivity contribution in [2.45, 2.75) is 30.0 Å². The number of aromatic nitrogens is 2. The van der Waals surface area contributed by atoms with Crippen LogP contribution in [0.2, 0.25) is 0 Å². The number of non-ortho nitro benzene ring substituents is 1. The summed E-state index contributed by atoms with van der Waals surface area (Å²) in [5.74, 6) is -2.39. The van der Waals surface area contributed by atoms with E-state index in [1.807, 2.05) is 13.0 Å². The summed E-state index contributed by atoms with van der Waals surface area (Å²) in [4.78, 5) is 38.9. The Morgan fingerprint density at radius 3 is 2.62 bits per heavy atom. The lowest BCUT2D eigenvalue weighted by atomic mass is 9.93. The second kappa shape index (κ2) is 11.0. The molecule has 1 aromatic heterocycles. The Balaban J connectivity index is 1.60. The second-order valence-corrected chi connectivity index (χ2v) is 11.2. The number of benzene rings is 3. The first-order valence-electron chi connectivity index (χ1n) is 12.0. The zero-order valence-electron chi connectivity index (χ0n) is 21.2. The summed E-state index contributed by atoms with van der Waals surface area (Å²) in [5, 5.41) is 31.2. The molecule has 40 heavy (non-hydrogen) atoms. The minimum absolute atomic E-state index is 0.0645. The van der Waals surface area contributed by atoms with Gasteiger partial charge in [-0.3, -0.25) is 24.6 Å². The second-order valence-electron chi connectivity index (χ2n) is 9.07. The fraction of sp³-hybridized carbons (Fsp3) is 0.143. The number of thioether (sulfide) groups is 1. The minimum Gasteiger partial charge on any atom is -0.507 e. The van der Waals surface area contributed by atoms with Gasteiger partial charge in [-0.1, -0.05) is 71.1 Å². The highest BCUT2D eigenvalue weighted by atomic mass is 32.2. The van der Waals surface area contributed by atoms with E-state index >= 15 is 0 Å². The fourth-order valence-corrected chi connectivity index (χ4v) is 6.26. The van der Waals surface area contributed by atoms with Gasteiger partial charge in [0.15, 0.2) is 4.34 Å². The summed E-state index contributed by atoms with van der Waals surface area (Å²) in [6, 6.07) is 16.0. The number of aliphatic hydroxyl groups is 1. The number of nitrogens with zero attached hydrogens (tertiary/aromatic N) is 4. The molecule has 0 bridgehead atoms. The summed E-state index contributed by atoms with van der Waals surface area (Å²) in [5.41, 5.74) is 2.13. The van der Waals surface area contributed by atoms with Gasteiger partial charge >= 0.3 is 5.91 Å². The molecule has 12 heteroatoms. The third kappa shape index (κ3) is 5.10. The Hall–Kier alpha value is -4.42. The Bertz CT molecular complexity index is 1700. The van der Waals surface area contributed by atoms with Crippen LogP contribution in [0.5, 0.6) is 0 Å². The largest absolute Gasteiger partial charge is 0.507 e. The summed E-state index contributed by atoms with van der Waals surface area (Å²) < 4.78 is 14.5. The van der Waals surface area contributed by atoms with E-state index in [2.05, 4.69) is 10.2 Å². The van der Waals surface area contributed by atoms with Crippen molar-refractivity contribution in [2.75, 3.05) is 4.90 Å². The molecule has 5 rings (SSSR count). The van der Waals surface area contributed by atoms with Crippen LogP contribution in [0.3, 0.4) is 0 Å². The quantitative estimate of drug-likeness (QED) is 0.0530. The van der Waals surface area contributed by atoms with E-state index in [-0.39, 0.29) is 33.5 Å². The van der Waals surface area contributed by atoms with E-state index in [0.29, 0.717) is 21.0 Å². The summed E-state index contributed by atoms with van der Waals surface area (Å²) in [6.07, 6.45) is 0. The normalized spacial score (nSPS) is 16.5. The van der Waals surface area contributed by atoms with Crippen LogP contribution in [0.4, 0.5) is 15.2 Å². The molecule has 1 unspecified atom stereocenters. The number of amides is 1. The lowest BCUT2D eigenvalue weighted by Gasteiger charge is -2.22. The van der Waals surface area contributed by atoms with Crippen LogP contribution in [0.25, 0.3) is 5.76 Å². The van der Waals surface area contributed by atoms with Gasteiger partial charge in [-0.05, 0) is 42.7 Å². The third-order valence-corrected chi connectivity index (χ3v) is 8.50. The smallest absolute Gasteiger partial charge is 0.301 e. The maximum Gasteiger partial charge on any atom is 0.301 e. The molecular formula is C28H21FN4O5S2. The number of halogens is 1. The zero-order chi connectivity index (χ0) is 28.6. The van der Waals surface area contributed by atoms with E-state index in [1.54, 1.807) is 43.3 Å². The Kier molecular flexibility index (Phi) is 7.46. The maximum absolute atomic E-state index is 14.1.